The number of carbonyl (C=O) groups is 1. The minimum Gasteiger partial charge on any atom is -0.459 e. The number of carbonyl (C=O) groups excluding carboxylic acids is 1. The van der Waals surface area contributed by atoms with Crippen LogP contribution in [0.5, 0.6) is 0 Å². The highest BCUT2D eigenvalue weighted by molar-refractivity contribution is 5.91. The van der Waals surface area contributed by atoms with E-state index in [0.717, 1.165) is 11.5 Å². The maximum absolute atomic E-state index is 13.2. The van der Waals surface area contributed by atoms with E-state index in [0.29, 0.717) is 44.9 Å². The van der Waals surface area contributed by atoms with Crippen molar-refractivity contribution in [2.45, 2.75) is 6.42 Å². The van der Waals surface area contributed by atoms with Crippen molar-refractivity contribution in [2.24, 2.45) is 4.99 Å². The molecule has 26 heavy (non-hydrogen) atoms. The van der Waals surface area contributed by atoms with Crippen LogP contribution in [0, 0.1) is 5.82 Å². The van der Waals surface area contributed by atoms with Crippen LogP contribution < -0.4 is 5.32 Å². The lowest BCUT2D eigenvalue weighted by Crippen LogP contribution is -2.54. The maximum atomic E-state index is 13.2. The van der Waals surface area contributed by atoms with Gasteiger partial charge in [-0.25, -0.2) is 4.39 Å². The Labute approximate surface area is 152 Å². The summed E-state index contributed by atoms with van der Waals surface area (Å²) < 4.78 is 18.4. The van der Waals surface area contributed by atoms with Gasteiger partial charge in [0.15, 0.2) is 11.7 Å². The molecule has 1 aliphatic rings. The van der Waals surface area contributed by atoms with E-state index in [1.54, 1.807) is 36.2 Å². The Balaban J connectivity index is 1.47. The first-order chi connectivity index (χ1) is 12.7. The number of hydrogen-bond acceptors (Lipinski definition) is 3. The number of guanidine groups is 1. The van der Waals surface area contributed by atoms with Crippen LogP contribution >= 0.6 is 0 Å². The predicted molar refractivity (Wildman–Crippen MR) is 97.7 cm³/mol. The number of amides is 1. The van der Waals surface area contributed by atoms with Crippen LogP contribution in [0.4, 0.5) is 4.39 Å². The quantitative estimate of drug-likeness (QED) is 0.671. The standard InChI is InChI=1S/C19H23FN4O2/c1-21-19(22-8-7-15-4-2-5-16(20)14-15)24-11-9-23(10-12-24)18(25)17-6-3-13-26-17/h2-6,13-14H,7-12H2,1H3,(H,21,22). The molecular weight excluding hydrogens is 335 g/mol. The predicted octanol–water partition coefficient (Wildman–Crippen LogP) is 1.99. The second-order valence-corrected chi connectivity index (χ2v) is 6.11. The summed E-state index contributed by atoms with van der Waals surface area (Å²) in [4.78, 5) is 20.5. The molecule has 1 aromatic carbocycles. The first-order valence-electron chi connectivity index (χ1n) is 8.70. The molecule has 0 unspecified atom stereocenters. The van der Waals surface area contributed by atoms with Crippen LogP contribution in [0.25, 0.3) is 0 Å². The highest BCUT2D eigenvalue weighted by Gasteiger charge is 2.24. The van der Waals surface area contributed by atoms with Gasteiger partial charge in [-0.1, -0.05) is 12.1 Å². The third kappa shape index (κ3) is 4.41. The van der Waals surface area contributed by atoms with Gasteiger partial charge in [0.25, 0.3) is 5.91 Å². The number of nitrogens with zero attached hydrogens (tertiary/aromatic N) is 3. The second kappa shape index (κ2) is 8.51. The van der Waals surface area contributed by atoms with Crippen molar-refractivity contribution in [3.63, 3.8) is 0 Å². The monoisotopic (exact) mass is 358 g/mol. The SMILES string of the molecule is CN=C(NCCc1cccc(F)c1)N1CCN(C(=O)c2ccco2)CC1. The molecule has 1 fully saturated rings. The zero-order valence-corrected chi connectivity index (χ0v) is 14.8. The molecular formula is C19H23FN4O2. The fourth-order valence-corrected chi connectivity index (χ4v) is 3.02. The average Bonchev–Trinajstić information content (AvgIpc) is 3.20. The molecule has 1 saturated heterocycles. The fraction of sp³-hybridized carbons (Fsp3) is 0.368. The van der Waals surface area contributed by atoms with Crippen LogP contribution in [0.1, 0.15) is 16.1 Å². The van der Waals surface area contributed by atoms with Gasteiger partial charge in [0.2, 0.25) is 0 Å². The molecule has 2 aromatic rings. The van der Waals surface area contributed by atoms with E-state index in [1.807, 2.05) is 6.07 Å². The summed E-state index contributed by atoms with van der Waals surface area (Å²) in [6.07, 6.45) is 2.22. The molecule has 0 atom stereocenters. The molecule has 1 amide bonds. The van der Waals surface area contributed by atoms with Crippen molar-refractivity contribution in [2.75, 3.05) is 39.8 Å². The van der Waals surface area contributed by atoms with Gasteiger partial charge in [0, 0.05) is 39.8 Å². The molecule has 1 N–H and O–H groups in total. The minimum absolute atomic E-state index is 0.0799. The molecule has 138 valence electrons. The Bertz CT molecular complexity index is 753. The lowest BCUT2D eigenvalue weighted by molar-refractivity contribution is 0.0658. The molecule has 0 radical (unpaired) electrons. The van der Waals surface area contributed by atoms with Gasteiger partial charge in [-0.05, 0) is 36.2 Å². The van der Waals surface area contributed by atoms with Gasteiger partial charge in [-0.2, -0.15) is 0 Å². The van der Waals surface area contributed by atoms with E-state index in [4.69, 9.17) is 4.42 Å². The highest BCUT2D eigenvalue weighted by Crippen LogP contribution is 2.10. The Kier molecular flexibility index (Phi) is 5.88. The van der Waals surface area contributed by atoms with Crippen molar-refractivity contribution >= 4 is 11.9 Å². The van der Waals surface area contributed by atoms with E-state index in [1.165, 1.54) is 12.3 Å². The van der Waals surface area contributed by atoms with Gasteiger partial charge in [-0.15, -0.1) is 0 Å². The molecule has 3 rings (SSSR count). The summed E-state index contributed by atoms with van der Waals surface area (Å²) in [5.41, 5.74) is 0.946. The molecule has 0 aliphatic carbocycles. The van der Waals surface area contributed by atoms with Gasteiger partial charge in [0.1, 0.15) is 5.82 Å². The molecule has 1 aliphatic heterocycles. The summed E-state index contributed by atoms with van der Waals surface area (Å²) in [6.45, 7) is 3.30. The third-order valence-electron chi connectivity index (χ3n) is 4.40. The number of rotatable bonds is 4. The van der Waals surface area contributed by atoms with Gasteiger partial charge in [0.05, 0.1) is 6.26 Å². The molecule has 0 bridgehead atoms. The molecule has 1 aromatic heterocycles. The largest absolute Gasteiger partial charge is 0.459 e. The van der Waals surface area contributed by atoms with E-state index in [9.17, 15) is 9.18 Å². The average molecular weight is 358 g/mol. The maximum Gasteiger partial charge on any atom is 0.289 e. The highest BCUT2D eigenvalue weighted by atomic mass is 19.1. The molecule has 2 heterocycles. The van der Waals surface area contributed by atoms with Crippen molar-refractivity contribution in [1.29, 1.82) is 0 Å². The van der Waals surface area contributed by atoms with Crippen LogP contribution in [-0.2, 0) is 6.42 Å². The van der Waals surface area contributed by atoms with E-state index in [2.05, 4.69) is 15.2 Å². The van der Waals surface area contributed by atoms with E-state index < -0.39 is 0 Å². The minimum atomic E-state index is -0.218. The first-order valence-corrected chi connectivity index (χ1v) is 8.70. The summed E-state index contributed by atoms with van der Waals surface area (Å²) in [7, 11) is 1.74. The lowest BCUT2D eigenvalue weighted by Gasteiger charge is -2.36. The zero-order chi connectivity index (χ0) is 18.4. The number of benzene rings is 1. The van der Waals surface area contributed by atoms with E-state index in [-0.39, 0.29) is 11.7 Å². The lowest BCUT2D eigenvalue weighted by atomic mass is 10.1. The normalized spacial score (nSPS) is 15.2. The van der Waals surface area contributed by atoms with Crippen LogP contribution in [0.15, 0.2) is 52.1 Å². The number of aliphatic imine (C=N–C) groups is 1. The number of piperazine rings is 1. The van der Waals surface area contributed by atoms with Crippen molar-refractivity contribution in [3.8, 4) is 0 Å². The Morgan fingerprint density at radius 1 is 1.19 bits per heavy atom. The van der Waals surface area contributed by atoms with Crippen LogP contribution in [0.3, 0.4) is 0 Å². The summed E-state index contributed by atoms with van der Waals surface area (Å²) in [5.74, 6) is 0.871. The Morgan fingerprint density at radius 2 is 1.96 bits per heavy atom. The number of halogens is 1. The van der Waals surface area contributed by atoms with Crippen LogP contribution in [0.2, 0.25) is 0 Å². The van der Waals surface area contributed by atoms with Crippen molar-refractivity contribution < 1.29 is 13.6 Å². The topological polar surface area (TPSA) is 61.1 Å². The number of hydrogen-bond donors (Lipinski definition) is 1. The Hall–Kier alpha value is -2.83. The molecule has 0 spiro atoms. The van der Waals surface area contributed by atoms with Crippen molar-refractivity contribution in [3.05, 3.63) is 59.8 Å². The number of furan rings is 1. The third-order valence-corrected chi connectivity index (χ3v) is 4.40. The van der Waals surface area contributed by atoms with Crippen molar-refractivity contribution in [1.82, 2.24) is 15.1 Å². The molecule has 7 heteroatoms. The second-order valence-electron chi connectivity index (χ2n) is 6.11. The molecule has 0 saturated carbocycles. The fourth-order valence-electron chi connectivity index (χ4n) is 3.02. The smallest absolute Gasteiger partial charge is 0.289 e. The van der Waals surface area contributed by atoms with Gasteiger partial charge in [-0.3, -0.25) is 9.79 Å². The first kappa shape index (κ1) is 18.0. The van der Waals surface area contributed by atoms with Gasteiger partial charge < -0.3 is 19.5 Å². The summed E-state index contributed by atoms with van der Waals surface area (Å²) in [6, 6.07) is 10.0. The molecule has 6 nitrogen and oxygen atoms in total. The van der Waals surface area contributed by atoms with E-state index >= 15 is 0 Å². The number of nitrogens with one attached hydrogen (secondary N) is 1. The van der Waals surface area contributed by atoms with Crippen LogP contribution in [-0.4, -0.2) is 61.4 Å². The van der Waals surface area contributed by atoms with Gasteiger partial charge >= 0.3 is 0 Å². The summed E-state index contributed by atoms with van der Waals surface area (Å²) in [5, 5.41) is 3.31. The Morgan fingerprint density at radius 3 is 2.62 bits per heavy atom. The summed E-state index contributed by atoms with van der Waals surface area (Å²) >= 11 is 0. The zero-order valence-electron chi connectivity index (χ0n) is 14.8.